The molecule has 0 aliphatic carbocycles. The first-order valence-electron chi connectivity index (χ1n) is 3.74. The van der Waals surface area contributed by atoms with E-state index in [2.05, 4.69) is 43.7 Å². The van der Waals surface area contributed by atoms with E-state index in [1.165, 1.54) is 6.07 Å². The van der Waals surface area contributed by atoms with Crippen molar-refractivity contribution >= 4 is 31.9 Å². The van der Waals surface area contributed by atoms with E-state index in [9.17, 15) is 4.39 Å². The number of hydrogen-bond donors (Lipinski definition) is 0. The molecule has 0 atom stereocenters. The van der Waals surface area contributed by atoms with Crippen molar-refractivity contribution in [2.24, 2.45) is 0 Å². The molecule has 0 spiro atoms. The Morgan fingerprint density at radius 2 is 2.15 bits per heavy atom. The minimum Gasteiger partial charge on any atom is -0.206 e. The van der Waals surface area contributed by atoms with E-state index in [1.807, 2.05) is 0 Å². The predicted molar refractivity (Wildman–Crippen MR) is 59.4 cm³/mol. The van der Waals surface area contributed by atoms with Gasteiger partial charge in [-0.25, -0.2) is 4.39 Å². The molecule has 0 amide bonds. The topological polar surface area (TPSA) is 0 Å². The summed E-state index contributed by atoms with van der Waals surface area (Å²) in [5.41, 5.74) is 0.828. The number of rotatable bonds is 1. The zero-order valence-corrected chi connectivity index (χ0v) is 9.95. The molecule has 0 saturated heterocycles. The monoisotopic (exact) mass is 304 g/mol. The SMILES string of the molecule is Fc1ccc(C#CCCBr)cc1Br. The molecule has 0 radical (unpaired) electrons. The number of hydrogen-bond acceptors (Lipinski definition) is 0. The standard InChI is InChI=1S/C10H7Br2F/c11-6-2-1-3-8-4-5-10(13)9(12)7-8/h4-5,7H,2,6H2. The fourth-order valence-electron chi connectivity index (χ4n) is 0.786. The van der Waals surface area contributed by atoms with Crippen LogP contribution < -0.4 is 0 Å². The van der Waals surface area contributed by atoms with Crippen LogP contribution in [0.25, 0.3) is 0 Å². The van der Waals surface area contributed by atoms with Gasteiger partial charge in [0, 0.05) is 17.3 Å². The van der Waals surface area contributed by atoms with E-state index in [0.29, 0.717) is 4.47 Å². The van der Waals surface area contributed by atoms with Crippen molar-refractivity contribution in [3.05, 3.63) is 34.1 Å². The Morgan fingerprint density at radius 1 is 1.38 bits per heavy atom. The zero-order valence-electron chi connectivity index (χ0n) is 6.78. The molecule has 0 nitrogen and oxygen atoms in total. The quantitative estimate of drug-likeness (QED) is 0.548. The van der Waals surface area contributed by atoms with Crippen molar-refractivity contribution < 1.29 is 4.39 Å². The third-order valence-corrected chi connectivity index (χ3v) is 2.38. The highest BCUT2D eigenvalue weighted by Gasteiger charge is 1.97. The van der Waals surface area contributed by atoms with Gasteiger partial charge in [0.1, 0.15) is 5.82 Å². The van der Waals surface area contributed by atoms with Gasteiger partial charge in [-0.2, -0.15) is 0 Å². The summed E-state index contributed by atoms with van der Waals surface area (Å²) in [5, 5.41) is 0.863. The summed E-state index contributed by atoms with van der Waals surface area (Å²) in [4.78, 5) is 0. The Balaban J connectivity index is 2.81. The lowest BCUT2D eigenvalue weighted by molar-refractivity contribution is 0.621. The summed E-state index contributed by atoms with van der Waals surface area (Å²) in [7, 11) is 0. The second-order valence-electron chi connectivity index (χ2n) is 2.37. The summed E-state index contributed by atoms with van der Waals surface area (Å²) in [6.45, 7) is 0. The van der Waals surface area contributed by atoms with Gasteiger partial charge in [-0.3, -0.25) is 0 Å². The summed E-state index contributed by atoms with van der Waals surface area (Å²) in [6.07, 6.45) is 0.801. The Hall–Kier alpha value is -0.330. The summed E-state index contributed by atoms with van der Waals surface area (Å²) >= 11 is 6.38. The Kier molecular flexibility index (Phi) is 4.47. The molecule has 0 fully saturated rings. The molecule has 1 rings (SSSR count). The van der Waals surface area contributed by atoms with Gasteiger partial charge < -0.3 is 0 Å². The Labute approximate surface area is 93.8 Å². The highest BCUT2D eigenvalue weighted by atomic mass is 79.9. The summed E-state index contributed by atoms with van der Waals surface area (Å²) in [6, 6.07) is 4.75. The van der Waals surface area contributed by atoms with Crippen LogP contribution in [0.4, 0.5) is 4.39 Å². The molecular formula is C10H7Br2F. The van der Waals surface area contributed by atoms with Gasteiger partial charge in [0.2, 0.25) is 0 Å². The highest BCUT2D eigenvalue weighted by Crippen LogP contribution is 2.15. The molecule has 1 aromatic carbocycles. The van der Waals surface area contributed by atoms with Crippen molar-refractivity contribution in [1.29, 1.82) is 0 Å². The van der Waals surface area contributed by atoms with E-state index in [-0.39, 0.29) is 5.82 Å². The molecule has 0 unspecified atom stereocenters. The van der Waals surface area contributed by atoms with Gasteiger partial charge >= 0.3 is 0 Å². The highest BCUT2D eigenvalue weighted by molar-refractivity contribution is 9.10. The number of benzene rings is 1. The molecule has 0 aliphatic heterocycles. The minimum absolute atomic E-state index is 0.258. The average molecular weight is 306 g/mol. The van der Waals surface area contributed by atoms with Crippen LogP contribution in [0, 0.1) is 17.7 Å². The van der Waals surface area contributed by atoms with Crippen LogP contribution in [0.3, 0.4) is 0 Å². The third kappa shape index (κ3) is 3.50. The Morgan fingerprint density at radius 3 is 2.77 bits per heavy atom. The van der Waals surface area contributed by atoms with Gasteiger partial charge in [-0.1, -0.05) is 27.8 Å². The molecule has 68 valence electrons. The Bertz CT molecular complexity index is 350. The summed E-state index contributed by atoms with van der Waals surface area (Å²) < 4.78 is 13.2. The van der Waals surface area contributed by atoms with E-state index in [1.54, 1.807) is 12.1 Å². The molecule has 0 aliphatic rings. The first-order chi connectivity index (χ1) is 6.24. The second kappa shape index (κ2) is 5.41. The van der Waals surface area contributed by atoms with Crippen LogP contribution in [0.5, 0.6) is 0 Å². The van der Waals surface area contributed by atoms with Crippen molar-refractivity contribution in [2.45, 2.75) is 6.42 Å². The van der Waals surface area contributed by atoms with Gasteiger partial charge in [-0.15, -0.1) is 0 Å². The second-order valence-corrected chi connectivity index (χ2v) is 4.02. The fourth-order valence-corrected chi connectivity index (χ4v) is 1.36. The lowest BCUT2D eigenvalue weighted by Crippen LogP contribution is -1.79. The molecule has 3 heteroatoms. The number of halogens is 3. The normalized spacial score (nSPS) is 9.15. The van der Waals surface area contributed by atoms with E-state index in [0.717, 1.165) is 17.3 Å². The molecule has 0 bridgehead atoms. The van der Waals surface area contributed by atoms with E-state index in [4.69, 9.17) is 0 Å². The molecule has 13 heavy (non-hydrogen) atoms. The predicted octanol–water partition coefficient (Wildman–Crippen LogP) is 3.72. The maximum Gasteiger partial charge on any atom is 0.137 e. The first-order valence-corrected chi connectivity index (χ1v) is 5.65. The summed E-state index contributed by atoms with van der Waals surface area (Å²) in [5.74, 6) is 5.64. The fraction of sp³-hybridized carbons (Fsp3) is 0.200. The minimum atomic E-state index is -0.258. The molecule has 0 saturated carbocycles. The van der Waals surface area contributed by atoms with Crippen molar-refractivity contribution in [3.63, 3.8) is 0 Å². The van der Waals surface area contributed by atoms with E-state index >= 15 is 0 Å². The molecule has 0 N–H and O–H groups in total. The van der Waals surface area contributed by atoms with Gasteiger partial charge in [0.15, 0.2) is 0 Å². The lowest BCUT2D eigenvalue weighted by atomic mass is 10.2. The van der Waals surface area contributed by atoms with Crippen LogP contribution in [0.2, 0.25) is 0 Å². The van der Waals surface area contributed by atoms with Crippen LogP contribution in [0.15, 0.2) is 22.7 Å². The van der Waals surface area contributed by atoms with Gasteiger partial charge in [0.25, 0.3) is 0 Å². The van der Waals surface area contributed by atoms with E-state index < -0.39 is 0 Å². The molecule has 1 aromatic rings. The molecule has 0 heterocycles. The first kappa shape index (κ1) is 10.7. The maximum absolute atomic E-state index is 12.8. The molecular weight excluding hydrogens is 299 g/mol. The zero-order chi connectivity index (χ0) is 9.68. The van der Waals surface area contributed by atoms with Crippen LogP contribution in [-0.4, -0.2) is 5.33 Å². The van der Waals surface area contributed by atoms with Crippen molar-refractivity contribution in [3.8, 4) is 11.8 Å². The molecule has 0 aromatic heterocycles. The van der Waals surface area contributed by atoms with Gasteiger partial charge in [-0.05, 0) is 34.1 Å². The smallest absolute Gasteiger partial charge is 0.137 e. The van der Waals surface area contributed by atoms with Crippen LogP contribution in [-0.2, 0) is 0 Å². The largest absolute Gasteiger partial charge is 0.206 e. The van der Waals surface area contributed by atoms with Crippen LogP contribution >= 0.6 is 31.9 Å². The third-order valence-electron chi connectivity index (χ3n) is 1.37. The maximum atomic E-state index is 12.8. The van der Waals surface area contributed by atoms with Crippen molar-refractivity contribution in [2.75, 3.05) is 5.33 Å². The number of alkyl halides is 1. The lowest BCUT2D eigenvalue weighted by Gasteiger charge is -1.93. The van der Waals surface area contributed by atoms with Gasteiger partial charge in [0.05, 0.1) is 4.47 Å². The van der Waals surface area contributed by atoms with Crippen LogP contribution in [0.1, 0.15) is 12.0 Å². The average Bonchev–Trinajstić information content (AvgIpc) is 2.12. The van der Waals surface area contributed by atoms with Crippen molar-refractivity contribution in [1.82, 2.24) is 0 Å².